The van der Waals surface area contributed by atoms with E-state index in [4.69, 9.17) is 11.6 Å². The summed E-state index contributed by atoms with van der Waals surface area (Å²) in [4.78, 5) is 8.48. The van der Waals surface area contributed by atoms with Gasteiger partial charge in [-0.25, -0.2) is 9.97 Å². The van der Waals surface area contributed by atoms with Crippen molar-refractivity contribution in [3.8, 4) is 0 Å². The minimum absolute atomic E-state index is 0.675. The predicted molar refractivity (Wildman–Crippen MR) is 89.4 cm³/mol. The highest BCUT2D eigenvalue weighted by Gasteiger charge is 2.03. The molecule has 0 spiro atoms. The fourth-order valence-corrected chi connectivity index (χ4v) is 2.14. The molecule has 2 N–H and O–H groups in total. The molecule has 0 atom stereocenters. The van der Waals surface area contributed by atoms with Crippen LogP contribution in [-0.2, 0) is 0 Å². The van der Waals surface area contributed by atoms with Crippen molar-refractivity contribution in [2.45, 2.75) is 27.2 Å². The molecule has 0 aliphatic rings. The lowest BCUT2D eigenvalue weighted by Gasteiger charge is -2.11. The van der Waals surface area contributed by atoms with Gasteiger partial charge in [-0.3, -0.25) is 0 Å². The van der Waals surface area contributed by atoms with Crippen LogP contribution in [0.5, 0.6) is 0 Å². The van der Waals surface area contributed by atoms with Gasteiger partial charge in [0.1, 0.15) is 18.0 Å². The summed E-state index contributed by atoms with van der Waals surface area (Å²) in [5.41, 5.74) is 2.07. The second-order valence-corrected chi connectivity index (χ2v) is 5.92. The largest absolute Gasteiger partial charge is 0.370 e. The first-order valence-corrected chi connectivity index (χ1v) is 7.51. The van der Waals surface area contributed by atoms with Crippen molar-refractivity contribution in [1.82, 2.24) is 9.97 Å². The first kappa shape index (κ1) is 15.6. The summed E-state index contributed by atoms with van der Waals surface area (Å²) in [5.74, 6) is 2.27. The molecule has 1 aromatic carbocycles. The van der Waals surface area contributed by atoms with Gasteiger partial charge in [0, 0.05) is 23.3 Å². The summed E-state index contributed by atoms with van der Waals surface area (Å²) in [6.07, 6.45) is 2.67. The van der Waals surface area contributed by atoms with Crippen LogP contribution in [0.3, 0.4) is 0 Å². The number of benzene rings is 1. The maximum atomic E-state index is 5.96. The Labute approximate surface area is 131 Å². The van der Waals surface area contributed by atoms with Crippen molar-refractivity contribution >= 4 is 28.9 Å². The molecule has 0 aliphatic carbocycles. The van der Waals surface area contributed by atoms with E-state index in [0.29, 0.717) is 5.92 Å². The van der Waals surface area contributed by atoms with Crippen LogP contribution in [0, 0.1) is 12.8 Å². The van der Waals surface area contributed by atoms with Crippen LogP contribution in [0.25, 0.3) is 0 Å². The van der Waals surface area contributed by atoms with E-state index in [-0.39, 0.29) is 0 Å². The van der Waals surface area contributed by atoms with Crippen LogP contribution in [0.4, 0.5) is 17.3 Å². The number of rotatable bonds is 6. The third-order valence-electron chi connectivity index (χ3n) is 3.15. The Morgan fingerprint density at radius 1 is 1.14 bits per heavy atom. The van der Waals surface area contributed by atoms with Crippen LogP contribution < -0.4 is 10.6 Å². The normalized spacial score (nSPS) is 10.7. The molecule has 1 aromatic heterocycles. The lowest BCUT2D eigenvalue weighted by molar-refractivity contribution is 0.606. The quantitative estimate of drug-likeness (QED) is 0.816. The van der Waals surface area contributed by atoms with Crippen molar-refractivity contribution < 1.29 is 0 Å². The highest BCUT2D eigenvalue weighted by molar-refractivity contribution is 6.30. The fourth-order valence-electron chi connectivity index (χ4n) is 1.92. The van der Waals surface area contributed by atoms with Gasteiger partial charge in [0.05, 0.1) is 0 Å². The molecule has 0 radical (unpaired) electrons. The molecule has 21 heavy (non-hydrogen) atoms. The van der Waals surface area contributed by atoms with Crippen LogP contribution in [0.15, 0.2) is 30.6 Å². The van der Waals surface area contributed by atoms with Crippen LogP contribution >= 0.6 is 11.6 Å². The molecule has 0 unspecified atom stereocenters. The van der Waals surface area contributed by atoms with Crippen molar-refractivity contribution in [2.75, 3.05) is 17.2 Å². The Morgan fingerprint density at radius 3 is 2.62 bits per heavy atom. The van der Waals surface area contributed by atoms with Crippen molar-refractivity contribution in [3.63, 3.8) is 0 Å². The molecule has 5 heteroatoms. The molecule has 0 amide bonds. The van der Waals surface area contributed by atoms with Crippen molar-refractivity contribution in [3.05, 3.63) is 41.2 Å². The van der Waals surface area contributed by atoms with Crippen molar-refractivity contribution in [1.29, 1.82) is 0 Å². The van der Waals surface area contributed by atoms with Gasteiger partial charge in [0.15, 0.2) is 0 Å². The summed E-state index contributed by atoms with van der Waals surface area (Å²) in [6, 6.07) is 7.65. The van der Waals surface area contributed by atoms with Gasteiger partial charge in [0.25, 0.3) is 0 Å². The highest BCUT2D eigenvalue weighted by atomic mass is 35.5. The SMILES string of the molecule is Cc1cc(Cl)ccc1Nc1cc(NCCC(C)C)ncn1. The molecule has 2 aromatic rings. The maximum Gasteiger partial charge on any atom is 0.135 e. The Balaban J connectivity index is 2.03. The second kappa shape index (κ2) is 7.27. The maximum absolute atomic E-state index is 5.96. The molecule has 1 heterocycles. The molecule has 112 valence electrons. The van der Waals surface area contributed by atoms with E-state index < -0.39 is 0 Å². The summed E-state index contributed by atoms with van der Waals surface area (Å²) < 4.78 is 0. The van der Waals surface area contributed by atoms with Crippen LogP contribution in [0.1, 0.15) is 25.8 Å². The van der Waals surface area contributed by atoms with E-state index in [2.05, 4.69) is 34.4 Å². The molecule has 0 aliphatic heterocycles. The Kier molecular flexibility index (Phi) is 5.39. The molecule has 4 nitrogen and oxygen atoms in total. The number of nitrogens with zero attached hydrogens (tertiary/aromatic N) is 2. The van der Waals surface area contributed by atoms with E-state index >= 15 is 0 Å². The van der Waals surface area contributed by atoms with E-state index in [1.807, 2.05) is 31.2 Å². The summed E-state index contributed by atoms with van der Waals surface area (Å²) >= 11 is 5.96. The number of hydrogen-bond acceptors (Lipinski definition) is 4. The van der Waals surface area contributed by atoms with E-state index in [1.54, 1.807) is 6.33 Å². The van der Waals surface area contributed by atoms with E-state index in [1.165, 1.54) is 0 Å². The second-order valence-electron chi connectivity index (χ2n) is 5.48. The van der Waals surface area contributed by atoms with Gasteiger partial charge in [-0.2, -0.15) is 0 Å². The monoisotopic (exact) mass is 304 g/mol. The standard InChI is InChI=1S/C16H21ClN4/c1-11(2)6-7-18-15-9-16(20-10-19-15)21-14-5-4-13(17)8-12(14)3/h4-5,8-11H,6-7H2,1-3H3,(H2,18,19,20,21). The molecule has 2 rings (SSSR count). The van der Waals surface area contributed by atoms with Gasteiger partial charge in [0.2, 0.25) is 0 Å². The van der Waals surface area contributed by atoms with Crippen LogP contribution in [0.2, 0.25) is 5.02 Å². The lowest BCUT2D eigenvalue weighted by Crippen LogP contribution is -2.07. The smallest absolute Gasteiger partial charge is 0.135 e. The Morgan fingerprint density at radius 2 is 1.90 bits per heavy atom. The van der Waals surface area contributed by atoms with Crippen molar-refractivity contribution in [2.24, 2.45) is 5.92 Å². The summed E-state index contributed by atoms with van der Waals surface area (Å²) in [7, 11) is 0. The first-order valence-electron chi connectivity index (χ1n) is 7.13. The Hall–Kier alpha value is -1.81. The zero-order chi connectivity index (χ0) is 15.2. The third kappa shape index (κ3) is 4.90. The number of aromatic nitrogens is 2. The predicted octanol–water partition coefficient (Wildman–Crippen LogP) is 4.64. The number of halogens is 1. The molecule has 0 saturated carbocycles. The molecule has 0 bridgehead atoms. The van der Waals surface area contributed by atoms with Crippen LogP contribution in [-0.4, -0.2) is 16.5 Å². The topological polar surface area (TPSA) is 49.8 Å². The zero-order valence-electron chi connectivity index (χ0n) is 12.7. The summed E-state index contributed by atoms with van der Waals surface area (Å²) in [5, 5.41) is 7.34. The number of nitrogens with one attached hydrogen (secondary N) is 2. The van der Waals surface area contributed by atoms with E-state index in [9.17, 15) is 0 Å². The van der Waals surface area contributed by atoms with Gasteiger partial charge in [-0.05, 0) is 43.0 Å². The average molecular weight is 305 g/mol. The van der Waals surface area contributed by atoms with Gasteiger partial charge in [-0.1, -0.05) is 25.4 Å². The highest BCUT2D eigenvalue weighted by Crippen LogP contribution is 2.23. The fraction of sp³-hybridized carbons (Fsp3) is 0.375. The summed E-state index contributed by atoms with van der Waals surface area (Å²) in [6.45, 7) is 7.33. The number of aryl methyl sites for hydroxylation is 1. The third-order valence-corrected chi connectivity index (χ3v) is 3.38. The van der Waals surface area contributed by atoms with Gasteiger partial charge < -0.3 is 10.6 Å². The lowest BCUT2D eigenvalue weighted by atomic mass is 10.1. The molecular weight excluding hydrogens is 284 g/mol. The number of hydrogen-bond donors (Lipinski definition) is 2. The van der Waals surface area contributed by atoms with Gasteiger partial charge >= 0.3 is 0 Å². The molecule has 0 saturated heterocycles. The average Bonchev–Trinajstić information content (AvgIpc) is 2.42. The first-order chi connectivity index (χ1) is 10.0. The molecule has 0 fully saturated rings. The Bertz CT molecular complexity index is 599. The van der Waals surface area contributed by atoms with E-state index in [0.717, 1.165) is 40.9 Å². The number of anilines is 3. The minimum Gasteiger partial charge on any atom is -0.370 e. The van der Waals surface area contributed by atoms with Gasteiger partial charge in [-0.15, -0.1) is 0 Å². The minimum atomic E-state index is 0.675. The zero-order valence-corrected chi connectivity index (χ0v) is 13.4. The molecular formula is C16H21ClN4.